The van der Waals surface area contributed by atoms with Crippen LogP contribution in [0.2, 0.25) is 0 Å². The van der Waals surface area contributed by atoms with Gasteiger partial charge in [-0.15, -0.1) is 0 Å². The number of amides is 2. The van der Waals surface area contributed by atoms with Crippen molar-refractivity contribution in [1.82, 2.24) is 0 Å². The molecule has 5 nitrogen and oxygen atoms in total. The molecule has 2 aromatic carbocycles. The zero-order chi connectivity index (χ0) is 20.7. The van der Waals surface area contributed by atoms with Crippen molar-refractivity contribution in [3.8, 4) is 0 Å². The van der Waals surface area contributed by atoms with Crippen LogP contribution in [0.15, 0.2) is 35.3 Å². The maximum absolute atomic E-state index is 13.4. The normalized spacial score (nSPS) is 18.1. The van der Waals surface area contributed by atoms with Gasteiger partial charge in [-0.05, 0) is 68.5 Å². The van der Waals surface area contributed by atoms with Crippen molar-refractivity contribution in [3.05, 3.63) is 53.1 Å². The standard InChI is InChI=1S/C22H21F2N3O2/c1-12-8-19-20(9-13(12)2)27(22(29)15-4-3-5-18(15)26-19)11-21(28)25-14-6-7-16(23)17(24)10-14/h6-10,15H,3-5,11H2,1-2H3,(H,25,28). The quantitative estimate of drug-likeness (QED) is 0.832. The summed E-state index contributed by atoms with van der Waals surface area (Å²) >= 11 is 0. The van der Waals surface area contributed by atoms with Gasteiger partial charge in [0, 0.05) is 17.5 Å². The van der Waals surface area contributed by atoms with Crippen molar-refractivity contribution in [2.24, 2.45) is 10.9 Å². The molecule has 0 aromatic heterocycles. The van der Waals surface area contributed by atoms with Crippen LogP contribution in [-0.4, -0.2) is 24.1 Å². The highest BCUT2D eigenvalue weighted by atomic mass is 19.2. The Labute approximate surface area is 167 Å². The van der Waals surface area contributed by atoms with Gasteiger partial charge in [-0.25, -0.2) is 8.78 Å². The van der Waals surface area contributed by atoms with Gasteiger partial charge >= 0.3 is 0 Å². The predicted molar refractivity (Wildman–Crippen MR) is 108 cm³/mol. The van der Waals surface area contributed by atoms with Gasteiger partial charge in [-0.2, -0.15) is 0 Å². The molecule has 1 aliphatic heterocycles. The lowest BCUT2D eigenvalue weighted by molar-refractivity contribution is -0.122. The maximum Gasteiger partial charge on any atom is 0.244 e. The summed E-state index contributed by atoms with van der Waals surface area (Å²) in [6.45, 7) is 3.69. The fourth-order valence-electron chi connectivity index (χ4n) is 3.86. The number of carbonyl (C=O) groups is 2. The molecule has 1 heterocycles. The molecule has 2 aliphatic rings. The summed E-state index contributed by atoms with van der Waals surface area (Å²) in [5, 5.41) is 2.54. The van der Waals surface area contributed by atoms with E-state index in [0.717, 1.165) is 41.8 Å². The first-order chi connectivity index (χ1) is 13.8. The lowest BCUT2D eigenvalue weighted by Gasteiger charge is -2.25. The van der Waals surface area contributed by atoms with Crippen molar-refractivity contribution in [2.45, 2.75) is 33.1 Å². The minimum absolute atomic E-state index is 0.134. The van der Waals surface area contributed by atoms with Crippen LogP contribution < -0.4 is 10.2 Å². The Kier molecular flexibility index (Phi) is 4.90. The van der Waals surface area contributed by atoms with Gasteiger partial charge in [0.1, 0.15) is 6.54 Å². The zero-order valence-electron chi connectivity index (χ0n) is 16.3. The van der Waals surface area contributed by atoms with Crippen molar-refractivity contribution < 1.29 is 18.4 Å². The fourth-order valence-corrected chi connectivity index (χ4v) is 3.86. The fraction of sp³-hybridized carbons (Fsp3) is 0.318. The Morgan fingerprint density at radius 3 is 2.69 bits per heavy atom. The number of rotatable bonds is 3. The molecule has 1 atom stereocenters. The smallest absolute Gasteiger partial charge is 0.244 e. The molecule has 1 aliphatic carbocycles. The summed E-state index contributed by atoms with van der Waals surface area (Å²) in [5.74, 6) is -3.00. The van der Waals surface area contributed by atoms with Crippen LogP contribution in [0.1, 0.15) is 30.4 Å². The van der Waals surface area contributed by atoms with Crippen LogP contribution in [0.5, 0.6) is 0 Å². The second-order valence-corrected chi connectivity index (χ2v) is 7.57. The van der Waals surface area contributed by atoms with Gasteiger partial charge in [0.25, 0.3) is 0 Å². The van der Waals surface area contributed by atoms with Crippen LogP contribution in [0, 0.1) is 31.4 Å². The van der Waals surface area contributed by atoms with Gasteiger partial charge in [0.05, 0.1) is 17.3 Å². The molecule has 7 heteroatoms. The Morgan fingerprint density at radius 1 is 1.17 bits per heavy atom. The average Bonchev–Trinajstić information content (AvgIpc) is 3.10. The number of halogens is 2. The van der Waals surface area contributed by atoms with E-state index >= 15 is 0 Å². The molecule has 1 fully saturated rings. The van der Waals surface area contributed by atoms with Crippen molar-refractivity contribution >= 4 is 34.6 Å². The molecule has 1 unspecified atom stereocenters. The molecule has 29 heavy (non-hydrogen) atoms. The van der Waals surface area contributed by atoms with Gasteiger partial charge in [0.2, 0.25) is 11.8 Å². The van der Waals surface area contributed by atoms with Gasteiger partial charge in [0.15, 0.2) is 11.6 Å². The van der Waals surface area contributed by atoms with Crippen molar-refractivity contribution in [1.29, 1.82) is 0 Å². The molecular formula is C22H21F2N3O2. The number of nitrogens with one attached hydrogen (secondary N) is 1. The van der Waals surface area contributed by atoms with Gasteiger partial charge in [-0.1, -0.05) is 0 Å². The number of carbonyl (C=O) groups excluding carboxylic acids is 2. The summed E-state index contributed by atoms with van der Waals surface area (Å²) in [6, 6.07) is 6.95. The van der Waals surface area contributed by atoms with E-state index in [-0.39, 0.29) is 24.1 Å². The first kappa shape index (κ1) is 19.2. The number of benzene rings is 2. The van der Waals surface area contributed by atoms with Crippen LogP contribution in [-0.2, 0) is 9.59 Å². The third-order valence-electron chi connectivity index (χ3n) is 5.54. The summed E-state index contributed by atoms with van der Waals surface area (Å²) < 4.78 is 26.5. The van der Waals surface area contributed by atoms with E-state index in [1.165, 1.54) is 11.0 Å². The minimum atomic E-state index is -1.05. The molecule has 0 radical (unpaired) electrons. The van der Waals surface area contributed by atoms with Crippen LogP contribution >= 0.6 is 0 Å². The first-order valence-corrected chi connectivity index (χ1v) is 9.58. The number of hydrogen-bond donors (Lipinski definition) is 1. The van der Waals surface area contributed by atoms with Gasteiger partial charge in [-0.3, -0.25) is 14.6 Å². The molecule has 0 saturated heterocycles. The highest BCUT2D eigenvalue weighted by Crippen LogP contribution is 2.39. The largest absolute Gasteiger partial charge is 0.324 e. The third kappa shape index (κ3) is 3.64. The van der Waals surface area contributed by atoms with E-state index in [1.54, 1.807) is 0 Å². The topological polar surface area (TPSA) is 61.8 Å². The van der Waals surface area contributed by atoms with Crippen molar-refractivity contribution in [3.63, 3.8) is 0 Å². The Hall–Kier alpha value is -3.09. The Morgan fingerprint density at radius 2 is 1.93 bits per heavy atom. The predicted octanol–water partition coefficient (Wildman–Crippen LogP) is 4.44. The highest BCUT2D eigenvalue weighted by Gasteiger charge is 2.37. The molecule has 2 amide bonds. The minimum Gasteiger partial charge on any atom is -0.324 e. The number of fused-ring (bicyclic) bond motifs is 2. The molecule has 4 rings (SSSR count). The third-order valence-corrected chi connectivity index (χ3v) is 5.54. The Balaban J connectivity index is 1.65. The molecule has 150 valence electrons. The molecule has 1 N–H and O–H groups in total. The number of hydrogen-bond acceptors (Lipinski definition) is 3. The summed E-state index contributed by atoms with van der Waals surface area (Å²) in [6.07, 6.45) is 2.38. The monoisotopic (exact) mass is 397 g/mol. The molecule has 0 spiro atoms. The Bertz CT molecular complexity index is 1050. The zero-order valence-corrected chi connectivity index (χ0v) is 16.3. The van der Waals surface area contributed by atoms with Crippen LogP contribution in [0.4, 0.5) is 25.8 Å². The highest BCUT2D eigenvalue weighted by molar-refractivity contribution is 6.16. The number of anilines is 2. The van der Waals surface area contributed by atoms with E-state index < -0.39 is 17.5 Å². The van der Waals surface area contributed by atoms with Crippen LogP contribution in [0.25, 0.3) is 0 Å². The summed E-state index contributed by atoms with van der Waals surface area (Å²) in [7, 11) is 0. The summed E-state index contributed by atoms with van der Waals surface area (Å²) in [5.41, 5.74) is 4.33. The number of nitrogens with zero attached hydrogens (tertiary/aromatic N) is 2. The number of aliphatic imine (C=N–C) groups is 1. The second kappa shape index (κ2) is 7.39. The molecule has 1 saturated carbocycles. The first-order valence-electron chi connectivity index (χ1n) is 9.58. The molecular weight excluding hydrogens is 376 g/mol. The molecule has 2 aromatic rings. The van der Waals surface area contributed by atoms with Gasteiger partial charge < -0.3 is 10.2 Å². The number of aryl methyl sites for hydroxylation is 2. The second-order valence-electron chi connectivity index (χ2n) is 7.57. The van der Waals surface area contributed by atoms with E-state index in [1.807, 2.05) is 26.0 Å². The van der Waals surface area contributed by atoms with Crippen LogP contribution in [0.3, 0.4) is 0 Å². The SMILES string of the molecule is Cc1cc2c(cc1C)N(CC(=O)Nc1ccc(F)c(F)c1)C(=O)C1CCCC1=N2. The lowest BCUT2D eigenvalue weighted by atomic mass is 10.0. The van der Waals surface area contributed by atoms with E-state index in [2.05, 4.69) is 5.32 Å². The van der Waals surface area contributed by atoms with E-state index in [4.69, 9.17) is 4.99 Å². The molecule has 0 bridgehead atoms. The van der Waals surface area contributed by atoms with E-state index in [0.29, 0.717) is 17.8 Å². The average molecular weight is 397 g/mol. The maximum atomic E-state index is 13.4. The van der Waals surface area contributed by atoms with Crippen molar-refractivity contribution in [2.75, 3.05) is 16.8 Å². The van der Waals surface area contributed by atoms with E-state index in [9.17, 15) is 18.4 Å². The summed E-state index contributed by atoms with van der Waals surface area (Å²) in [4.78, 5) is 32.1. The lowest BCUT2D eigenvalue weighted by Crippen LogP contribution is -2.42.